The highest BCUT2D eigenvalue weighted by atomic mass is 35.5. The number of rotatable bonds is 4. The number of halogens is 2. The van der Waals surface area contributed by atoms with E-state index in [0.29, 0.717) is 85.8 Å². The summed E-state index contributed by atoms with van der Waals surface area (Å²) < 4.78 is 96.3. The highest BCUT2D eigenvalue weighted by Gasteiger charge is 2.51. The molecule has 2 saturated carbocycles. The van der Waals surface area contributed by atoms with E-state index in [0.717, 1.165) is 75.4 Å². The number of amides is 2. The molecule has 16 nitrogen and oxygen atoms in total. The normalized spacial score (nSPS) is 34.5. The number of allylic oxidation sites excluding steroid dienone is 2. The van der Waals surface area contributed by atoms with Gasteiger partial charge in [-0.3, -0.25) is 18.5 Å². The third-order valence-corrected chi connectivity index (χ3v) is 28.0. The number of sulfonamides is 1. The number of benzene rings is 4. The zero-order valence-corrected chi connectivity index (χ0v) is 57.7. The van der Waals surface area contributed by atoms with Crippen LogP contribution >= 0.6 is 23.2 Å². The lowest BCUT2D eigenvalue weighted by atomic mass is 9.64. The highest BCUT2D eigenvalue weighted by Crippen LogP contribution is 2.51. The van der Waals surface area contributed by atoms with Gasteiger partial charge in [-0.15, -0.1) is 0 Å². The topological polar surface area (TPSA) is 226 Å². The number of anilines is 2. The maximum Gasteiger partial charge on any atom is 0.264 e. The lowest BCUT2D eigenvalue weighted by Crippen LogP contribution is -2.54. The molecule has 4 N–H and O–H groups in total. The monoisotopic (exact) mass is 1380 g/mol. The molecular formula is C70H92Cl2N4O12S4. The van der Waals surface area contributed by atoms with Crippen molar-refractivity contribution in [2.75, 3.05) is 73.2 Å². The van der Waals surface area contributed by atoms with Crippen LogP contribution < -0.4 is 28.7 Å². The molecule has 4 heterocycles. The molecule has 4 aromatic carbocycles. The number of hydrogen-bond acceptors (Lipinski definition) is 14. The first-order valence-corrected chi connectivity index (χ1v) is 39.9. The summed E-state index contributed by atoms with van der Waals surface area (Å²) in [6.45, 7) is 10.4. The molecule has 0 saturated heterocycles. The van der Waals surface area contributed by atoms with Crippen LogP contribution in [0.4, 0.5) is 11.4 Å². The molecule has 2 fully saturated rings. The second-order valence-electron chi connectivity index (χ2n) is 28.0. The Morgan fingerprint density at radius 2 is 1.13 bits per heavy atom. The van der Waals surface area contributed by atoms with Crippen LogP contribution in [-0.2, 0) is 64.0 Å². The van der Waals surface area contributed by atoms with Gasteiger partial charge in [-0.05, 0) is 215 Å². The first kappa shape index (κ1) is 69.9. The van der Waals surface area contributed by atoms with E-state index < -0.39 is 73.9 Å². The Labute approximate surface area is 558 Å². The van der Waals surface area contributed by atoms with Gasteiger partial charge in [-0.25, -0.2) is 25.8 Å². The molecule has 4 aliphatic carbocycles. The average Bonchev–Trinajstić information content (AvgIpc) is 1.35. The van der Waals surface area contributed by atoms with Gasteiger partial charge in [0.2, 0.25) is 10.0 Å². The lowest BCUT2D eigenvalue weighted by Gasteiger charge is -2.49. The van der Waals surface area contributed by atoms with Crippen LogP contribution in [0.3, 0.4) is 0 Å². The van der Waals surface area contributed by atoms with Crippen molar-refractivity contribution in [3.63, 3.8) is 0 Å². The molecule has 2 spiro atoms. The molecular weight excluding hydrogens is 1290 g/mol. The Morgan fingerprint density at radius 1 is 0.674 bits per heavy atom. The summed E-state index contributed by atoms with van der Waals surface area (Å²) in [5, 5.41) is 24.2. The Bertz CT molecular complexity index is 3920. The summed E-state index contributed by atoms with van der Waals surface area (Å²) in [4.78, 5) is 31.5. The summed E-state index contributed by atoms with van der Waals surface area (Å²) in [7, 11) is -11.8. The van der Waals surface area contributed by atoms with Crippen molar-refractivity contribution in [3.05, 3.63) is 141 Å². The van der Waals surface area contributed by atoms with Gasteiger partial charge in [0.15, 0.2) is 9.84 Å². The van der Waals surface area contributed by atoms with Gasteiger partial charge in [0.25, 0.3) is 11.8 Å². The van der Waals surface area contributed by atoms with Gasteiger partial charge < -0.3 is 29.5 Å². The van der Waals surface area contributed by atoms with Crippen molar-refractivity contribution in [2.24, 2.45) is 35.5 Å². The number of ether oxygens (including phenoxy) is 2. The quantitative estimate of drug-likeness (QED) is 0.110. The molecule has 92 heavy (non-hydrogen) atoms. The van der Waals surface area contributed by atoms with Crippen molar-refractivity contribution in [3.8, 4) is 11.5 Å². The Morgan fingerprint density at radius 3 is 1.59 bits per heavy atom. The molecule has 22 heteroatoms. The predicted molar refractivity (Wildman–Crippen MR) is 372 cm³/mol. The molecule has 502 valence electrons. The van der Waals surface area contributed by atoms with E-state index in [1.807, 2.05) is 56.3 Å². The predicted octanol–water partition coefficient (Wildman–Crippen LogP) is 10.6. The molecule has 0 aromatic heterocycles. The summed E-state index contributed by atoms with van der Waals surface area (Å²) in [6, 6.07) is 22.6. The van der Waals surface area contributed by atoms with Crippen LogP contribution in [-0.4, -0.2) is 138 Å². The first-order chi connectivity index (χ1) is 42.9. The fourth-order valence-corrected chi connectivity index (χ4v) is 21.2. The van der Waals surface area contributed by atoms with Crippen LogP contribution in [0.15, 0.2) is 97.1 Å². The molecule has 0 radical (unpaired) electrons. The fraction of sp³-hybridized carbons (Fsp3) is 0.557. The van der Waals surface area contributed by atoms with Gasteiger partial charge >= 0.3 is 0 Å². The third-order valence-electron chi connectivity index (χ3n) is 21.6. The minimum absolute atomic E-state index is 0. The lowest BCUT2D eigenvalue weighted by molar-refractivity contribution is -0.0290. The van der Waals surface area contributed by atoms with E-state index in [9.17, 15) is 45.1 Å². The molecule has 4 aliphatic heterocycles. The standard InChI is InChI=1S/C35H45ClN2O6S2.C34H43ClN2O6S2.CH4/c1-23-7-5-16-35(40,22-45(3,41)42)30-12-9-27(30)19-38-20-34(15-6-8-25-17-28(36)11-13-29(25)34)21-44-32-14-10-26(18-31(32)38)33(39)37-46(4,43)24(23)2;1-22-6-4-15-34(39,21-44(3)40)29-11-8-26(29)18-37-19-33(14-5-7-24-16-27(35)10-12-28(24)33)20-43-31-13-9-25(17-30(31)37)32(38)36-45(41,42)23(22)2;/h5,10-11,13-14,16-18,23-24,27,30,40H,4,6-9,12,15,19-22H2,1-3H3,(H,37,39,43);4,9-10,12-13,15-17,22-23,26,29,39H,5-8,11,14,18-21H2,1-3H3,(H,36,38);1H4/b16-5+;15-4+;/t23-,24+,27-,30+,34-,35-,46?;22-,23+,26-,29+,33-,34+,44+;/m00./s1. The molecule has 4 aromatic rings. The van der Waals surface area contributed by atoms with Crippen LogP contribution in [0, 0.1) is 35.5 Å². The number of carbonyl (C=O) groups is 2. The number of nitrogens with one attached hydrogen (secondary N) is 2. The van der Waals surface area contributed by atoms with Crippen molar-refractivity contribution in [1.29, 1.82) is 0 Å². The fourth-order valence-electron chi connectivity index (χ4n) is 15.9. The smallest absolute Gasteiger partial charge is 0.264 e. The Hall–Kier alpha value is -4.93. The maximum atomic E-state index is 13.7. The average molecular weight is 1380 g/mol. The van der Waals surface area contributed by atoms with Crippen molar-refractivity contribution in [2.45, 2.75) is 145 Å². The van der Waals surface area contributed by atoms with Gasteiger partial charge in [0.05, 0.1) is 62.3 Å². The van der Waals surface area contributed by atoms with E-state index >= 15 is 0 Å². The second kappa shape index (κ2) is 26.9. The molecule has 14 atom stereocenters. The molecule has 12 rings (SSSR count). The number of sulfone groups is 1. The van der Waals surface area contributed by atoms with Gasteiger partial charge in [0.1, 0.15) is 11.5 Å². The van der Waals surface area contributed by atoms with E-state index in [4.69, 9.17) is 32.7 Å². The molecule has 1 unspecified atom stereocenters. The Kier molecular flexibility index (Phi) is 20.5. The zero-order valence-electron chi connectivity index (χ0n) is 53.0. The van der Waals surface area contributed by atoms with Crippen molar-refractivity contribution in [1.82, 2.24) is 9.44 Å². The summed E-state index contributed by atoms with van der Waals surface area (Å²) >= 11 is 12.8. The zero-order chi connectivity index (χ0) is 65.2. The number of carbonyl (C=O) groups excluding carboxylic acids is 2. The van der Waals surface area contributed by atoms with Crippen LogP contribution in [0.1, 0.15) is 142 Å². The summed E-state index contributed by atoms with van der Waals surface area (Å²) in [6.07, 6.45) is 19.6. The summed E-state index contributed by atoms with van der Waals surface area (Å²) in [5.74, 6) is 3.07. The molecule has 4 bridgehead atoms. The van der Waals surface area contributed by atoms with Crippen molar-refractivity contribution < 1.29 is 54.5 Å². The second-order valence-corrected chi connectivity index (χ2v) is 36.9. The first-order valence-electron chi connectivity index (χ1n) is 32.0. The van der Waals surface area contributed by atoms with E-state index in [1.54, 1.807) is 62.6 Å². The Balaban J connectivity index is 0.000000199. The van der Waals surface area contributed by atoms with Crippen LogP contribution in [0.25, 0.3) is 0 Å². The number of hydrogen-bond donors (Lipinski definition) is 4. The van der Waals surface area contributed by atoms with E-state index in [2.05, 4.69) is 37.2 Å². The van der Waals surface area contributed by atoms with Crippen molar-refractivity contribution >= 4 is 92.6 Å². The number of fused-ring (bicyclic) bond motifs is 8. The van der Waals surface area contributed by atoms with Crippen LogP contribution in [0.5, 0.6) is 11.5 Å². The number of nitrogens with zero attached hydrogens (tertiary/aromatic N) is 2. The van der Waals surface area contributed by atoms with E-state index in [-0.39, 0.29) is 70.8 Å². The number of aryl methyl sites for hydroxylation is 2. The number of aliphatic hydroxyl groups is 2. The SMILES string of the molecule is C.C=S1(=O)NC(=O)c2ccc3c(c2)N(C[C@@H]2CC[C@H]2[C@@](O)(CS(C)(=O)=O)/C=C/C[C@H](C)[C@H]1C)C[C@@]1(CCCc2cc(Cl)ccc21)CO3.C[C@@H]1[C@@H](C)C/C=C/[C@@](O)(C[S@@](C)=O)[C@@H]2CC[C@H]2CN2C[C@@]3(CCCc4cc(Cl)ccc43)COc3ccc(cc32)C(=O)NS1(=O)=O. The van der Waals surface area contributed by atoms with E-state index in [1.165, 1.54) is 22.3 Å². The maximum absolute atomic E-state index is 13.7. The molecule has 8 aliphatic rings. The largest absolute Gasteiger partial charge is 0.490 e. The molecule has 2 amide bonds. The van der Waals surface area contributed by atoms with Gasteiger partial charge in [0, 0.05) is 86.7 Å². The van der Waals surface area contributed by atoms with Crippen LogP contribution in [0.2, 0.25) is 10.0 Å². The summed E-state index contributed by atoms with van der Waals surface area (Å²) in [5.41, 5.74) is 3.46. The van der Waals surface area contributed by atoms with Gasteiger partial charge in [-0.2, -0.15) is 0 Å². The minimum Gasteiger partial charge on any atom is -0.490 e. The highest BCUT2D eigenvalue weighted by molar-refractivity contribution is 7.99. The third kappa shape index (κ3) is 14.4. The van der Waals surface area contributed by atoms with Gasteiger partial charge in [-0.1, -0.05) is 80.9 Å². The minimum atomic E-state index is -3.99.